The molecule has 172 valence electrons. The highest BCUT2D eigenvalue weighted by Crippen LogP contribution is 2.32. The van der Waals surface area contributed by atoms with Crippen LogP contribution in [0.4, 0.5) is 11.6 Å². The standard InChI is InChI=1S/C23H24N10O/c1-3-18-22(30-15-4-5-16(6-15)34-2)32-19-17(11-26-21(25)20(19)31-18)14-10-29-33(12-14)23-27-8-13(7-24)9-28-23/h8-12,15-16H,3-6H2,1-2H3,(H2,25,26)(H,30,32)/t15-,16+/m1/s1. The lowest BCUT2D eigenvalue weighted by Crippen LogP contribution is -2.20. The minimum absolute atomic E-state index is 0.265. The molecule has 1 aliphatic rings. The molecule has 0 aliphatic heterocycles. The fraction of sp³-hybridized carbons (Fsp3) is 0.348. The molecule has 1 saturated carbocycles. The zero-order valence-electron chi connectivity index (χ0n) is 18.9. The quantitative estimate of drug-likeness (QED) is 0.442. The van der Waals surface area contributed by atoms with Crippen molar-refractivity contribution in [3.8, 4) is 23.1 Å². The lowest BCUT2D eigenvalue weighted by molar-refractivity contribution is 0.108. The number of anilines is 2. The summed E-state index contributed by atoms with van der Waals surface area (Å²) >= 11 is 0. The molecule has 1 aliphatic carbocycles. The van der Waals surface area contributed by atoms with E-state index in [1.807, 2.05) is 13.0 Å². The van der Waals surface area contributed by atoms with Gasteiger partial charge in [0, 0.05) is 36.7 Å². The fourth-order valence-corrected chi connectivity index (χ4v) is 4.21. The number of methoxy groups -OCH3 is 1. The van der Waals surface area contributed by atoms with Crippen molar-refractivity contribution in [3.63, 3.8) is 0 Å². The summed E-state index contributed by atoms with van der Waals surface area (Å²) in [5.41, 5.74) is 10.1. The van der Waals surface area contributed by atoms with Gasteiger partial charge in [-0.2, -0.15) is 10.4 Å². The van der Waals surface area contributed by atoms with Gasteiger partial charge in [0.15, 0.2) is 5.82 Å². The molecular weight excluding hydrogens is 432 g/mol. The van der Waals surface area contributed by atoms with Gasteiger partial charge in [0.05, 0.1) is 36.0 Å². The molecular formula is C23H24N10O. The number of nitriles is 1. The average Bonchev–Trinajstić information content (AvgIpc) is 3.54. The van der Waals surface area contributed by atoms with Gasteiger partial charge in [-0.1, -0.05) is 6.92 Å². The maximum absolute atomic E-state index is 8.96. The van der Waals surface area contributed by atoms with Crippen molar-refractivity contribution in [1.82, 2.24) is 34.7 Å². The van der Waals surface area contributed by atoms with Crippen molar-refractivity contribution in [2.24, 2.45) is 0 Å². The molecule has 34 heavy (non-hydrogen) atoms. The number of fused-ring (bicyclic) bond motifs is 1. The van der Waals surface area contributed by atoms with E-state index in [2.05, 4.69) is 25.4 Å². The van der Waals surface area contributed by atoms with E-state index in [-0.39, 0.29) is 12.1 Å². The van der Waals surface area contributed by atoms with Crippen molar-refractivity contribution < 1.29 is 4.74 Å². The van der Waals surface area contributed by atoms with E-state index in [1.54, 1.807) is 25.7 Å². The predicted octanol–water partition coefficient (Wildman–Crippen LogP) is 2.66. The molecule has 11 heteroatoms. The lowest BCUT2D eigenvalue weighted by Gasteiger charge is -2.17. The summed E-state index contributed by atoms with van der Waals surface area (Å²) in [4.78, 5) is 22.5. The van der Waals surface area contributed by atoms with E-state index in [0.29, 0.717) is 34.8 Å². The van der Waals surface area contributed by atoms with Crippen LogP contribution >= 0.6 is 0 Å². The van der Waals surface area contributed by atoms with E-state index < -0.39 is 0 Å². The Morgan fingerprint density at radius 2 is 1.97 bits per heavy atom. The van der Waals surface area contributed by atoms with E-state index in [0.717, 1.165) is 41.9 Å². The summed E-state index contributed by atoms with van der Waals surface area (Å²) in [6, 6.07) is 2.28. The minimum Gasteiger partial charge on any atom is -0.382 e. The summed E-state index contributed by atoms with van der Waals surface area (Å²) in [5, 5.41) is 16.9. The zero-order valence-corrected chi connectivity index (χ0v) is 18.9. The molecule has 11 nitrogen and oxygen atoms in total. The number of hydrogen-bond acceptors (Lipinski definition) is 10. The second-order valence-electron chi connectivity index (χ2n) is 8.20. The molecule has 0 aromatic carbocycles. The molecule has 0 bridgehead atoms. The van der Waals surface area contributed by atoms with E-state index in [1.165, 1.54) is 17.1 Å². The van der Waals surface area contributed by atoms with Crippen molar-refractivity contribution >= 4 is 22.7 Å². The summed E-state index contributed by atoms with van der Waals surface area (Å²) < 4.78 is 7.05. The number of aryl methyl sites for hydroxylation is 1. The highest BCUT2D eigenvalue weighted by atomic mass is 16.5. The van der Waals surface area contributed by atoms with Crippen LogP contribution in [0.3, 0.4) is 0 Å². The number of ether oxygens (including phenoxy) is 1. The van der Waals surface area contributed by atoms with Crippen LogP contribution < -0.4 is 11.1 Å². The second-order valence-corrected chi connectivity index (χ2v) is 8.20. The maximum Gasteiger partial charge on any atom is 0.250 e. The van der Waals surface area contributed by atoms with Crippen molar-refractivity contribution in [2.45, 2.75) is 44.8 Å². The molecule has 0 saturated heterocycles. The van der Waals surface area contributed by atoms with Crippen molar-refractivity contribution in [2.75, 3.05) is 18.2 Å². The first-order chi connectivity index (χ1) is 16.6. The minimum atomic E-state index is 0.265. The summed E-state index contributed by atoms with van der Waals surface area (Å²) in [6.45, 7) is 2.04. The molecule has 3 N–H and O–H groups in total. The number of nitrogens with zero attached hydrogens (tertiary/aromatic N) is 8. The monoisotopic (exact) mass is 456 g/mol. The van der Waals surface area contributed by atoms with Crippen LogP contribution in [-0.2, 0) is 11.2 Å². The summed E-state index contributed by atoms with van der Waals surface area (Å²) in [5.74, 6) is 1.44. The smallest absolute Gasteiger partial charge is 0.250 e. The predicted molar refractivity (Wildman–Crippen MR) is 126 cm³/mol. The van der Waals surface area contributed by atoms with Crippen LogP contribution in [0.1, 0.15) is 37.4 Å². The van der Waals surface area contributed by atoms with Crippen LogP contribution in [0, 0.1) is 11.3 Å². The van der Waals surface area contributed by atoms with Crippen molar-refractivity contribution in [1.29, 1.82) is 5.26 Å². The number of nitrogens with two attached hydrogens (primary N) is 1. The van der Waals surface area contributed by atoms with Gasteiger partial charge in [-0.05, 0) is 25.7 Å². The van der Waals surface area contributed by atoms with Crippen LogP contribution in [0.2, 0.25) is 0 Å². The van der Waals surface area contributed by atoms with Gasteiger partial charge in [-0.15, -0.1) is 0 Å². The lowest BCUT2D eigenvalue weighted by atomic mass is 10.1. The maximum atomic E-state index is 8.96. The Labute approximate surface area is 196 Å². The Hall–Kier alpha value is -4.17. The Bertz CT molecular complexity index is 1380. The molecule has 4 aromatic heterocycles. The molecule has 2 atom stereocenters. The summed E-state index contributed by atoms with van der Waals surface area (Å²) in [6.07, 6.45) is 12.0. The molecule has 0 spiro atoms. The molecule has 0 radical (unpaired) electrons. The van der Waals surface area contributed by atoms with E-state index in [9.17, 15) is 0 Å². The number of rotatable bonds is 6. The Morgan fingerprint density at radius 1 is 1.15 bits per heavy atom. The second kappa shape index (κ2) is 8.99. The molecule has 0 amide bonds. The largest absolute Gasteiger partial charge is 0.382 e. The van der Waals surface area contributed by atoms with Gasteiger partial charge in [-0.25, -0.2) is 29.6 Å². The topological polar surface area (TPSA) is 153 Å². The van der Waals surface area contributed by atoms with Gasteiger partial charge in [0.2, 0.25) is 0 Å². The third-order valence-electron chi connectivity index (χ3n) is 6.06. The molecule has 0 unspecified atom stereocenters. The number of hydrogen-bond donors (Lipinski definition) is 2. The first-order valence-electron chi connectivity index (χ1n) is 11.1. The third-order valence-corrected chi connectivity index (χ3v) is 6.06. The van der Waals surface area contributed by atoms with Crippen molar-refractivity contribution in [3.05, 3.63) is 42.2 Å². The number of aromatic nitrogens is 7. The third kappa shape index (κ3) is 3.99. The number of pyridine rings is 1. The molecule has 1 fully saturated rings. The number of nitrogens with one attached hydrogen (secondary N) is 1. The Morgan fingerprint density at radius 3 is 2.68 bits per heavy atom. The first kappa shape index (κ1) is 21.7. The SMILES string of the molecule is CCc1nc2c(N)ncc(-c3cnn(-c4ncc(C#N)cn4)c3)c2nc1N[C@@H]1CC[C@H](OC)C1. The van der Waals surface area contributed by atoms with Crippen LogP contribution in [-0.4, -0.2) is 54.0 Å². The zero-order chi connectivity index (χ0) is 23.7. The molecule has 5 rings (SSSR count). The summed E-state index contributed by atoms with van der Waals surface area (Å²) in [7, 11) is 1.76. The molecule has 4 heterocycles. The van der Waals surface area contributed by atoms with E-state index >= 15 is 0 Å². The normalized spacial score (nSPS) is 17.7. The Balaban J connectivity index is 1.54. The molecule has 4 aromatic rings. The van der Waals surface area contributed by atoms with Crippen LogP contribution in [0.5, 0.6) is 0 Å². The van der Waals surface area contributed by atoms with E-state index in [4.69, 9.17) is 25.7 Å². The first-order valence-corrected chi connectivity index (χ1v) is 11.1. The van der Waals surface area contributed by atoms with Crippen LogP contribution in [0.25, 0.3) is 28.1 Å². The van der Waals surface area contributed by atoms with Gasteiger partial charge in [0.1, 0.15) is 22.9 Å². The van der Waals surface area contributed by atoms with Gasteiger partial charge >= 0.3 is 0 Å². The average molecular weight is 457 g/mol. The van der Waals surface area contributed by atoms with Gasteiger partial charge in [0.25, 0.3) is 5.95 Å². The van der Waals surface area contributed by atoms with Gasteiger partial charge < -0.3 is 15.8 Å². The number of nitrogen functional groups attached to an aromatic ring is 1. The highest BCUT2D eigenvalue weighted by molar-refractivity contribution is 5.96. The van der Waals surface area contributed by atoms with Gasteiger partial charge in [-0.3, -0.25) is 0 Å². The Kier molecular flexibility index (Phi) is 5.73. The van der Waals surface area contributed by atoms with Crippen LogP contribution in [0.15, 0.2) is 31.0 Å². The highest BCUT2D eigenvalue weighted by Gasteiger charge is 2.26. The fourth-order valence-electron chi connectivity index (χ4n) is 4.21.